The Morgan fingerprint density at radius 3 is 2.31 bits per heavy atom. The molecule has 26 heavy (non-hydrogen) atoms. The van der Waals surface area contributed by atoms with Gasteiger partial charge in [0.2, 0.25) is 0 Å². The van der Waals surface area contributed by atoms with Gasteiger partial charge in [0, 0.05) is 17.1 Å². The average molecular weight is 378 g/mol. The SMILES string of the molecule is COc1ccc(OCCCC(=O)OCC(=O)Nc2ccc(Cl)cc2)cc1. The standard InChI is InChI=1S/C19H20ClNO5/c1-24-16-8-10-17(11-9-16)25-12-2-3-19(23)26-13-18(22)21-15-6-4-14(20)5-7-15/h4-11H,2-3,12-13H2,1H3,(H,21,22). The molecule has 0 aromatic heterocycles. The Hall–Kier alpha value is -2.73. The smallest absolute Gasteiger partial charge is 0.306 e. The highest BCUT2D eigenvalue weighted by Crippen LogP contribution is 2.17. The van der Waals surface area contributed by atoms with Crippen LogP contribution in [0.25, 0.3) is 0 Å². The molecular weight excluding hydrogens is 358 g/mol. The lowest BCUT2D eigenvalue weighted by molar-refractivity contribution is -0.147. The Balaban J connectivity index is 1.59. The molecule has 0 bridgehead atoms. The third-order valence-electron chi connectivity index (χ3n) is 3.35. The number of benzene rings is 2. The van der Waals surface area contributed by atoms with E-state index in [2.05, 4.69) is 5.32 Å². The van der Waals surface area contributed by atoms with E-state index in [1.807, 2.05) is 0 Å². The summed E-state index contributed by atoms with van der Waals surface area (Å²) >= 11 is 5.77. The topological polar surface area (TPSA) is 73.9 Å². The van der Waals surface area contributed by atoms with Crippen LogP contribution in [0.1, 0.15) is 12.8 Å². The first kappa shape index (κ1) is 19.6. The first-order chi connectivity index (χ1) is 12.6. The number of methoxy groups -OCH3 is 1. The highest BCUT2D eigenvalue weighted by molar-refractivity contribution is 6.30. The van der Waals surface area contributed by atoms with Crippen LogP contribution in [0.4, 0.5) is 5.69 Å². The number of hydrogen-bond donors (Lipinski definition) is 1. The van der Waals surface area contributed by atoms with Crippen LogP contribution in [0.15, 0.2) is 48.5 Å². The van der Waals surface area contributed by atoms with Crippen molar-refractivity contribution in [3.8, 4) is 11.5 Å². The van der Waals surface area contributed by atoms with Gasteiger partial charge in [-0.2, -0.15) is 0 Å². The van der Waals surface area contributed by atoms with Gasteiger partial charge in [0.25, 0.3) is 5.91 Å². The van der Waals surface area contributed by atoms with Crippen molar-refractivity contribution in [3.05, 3.63) is 53.6 Å². The van der Waals surface area contributed by atoms with Crippen LogP contribution in [0.3, 0.4) is 0 Å². The lowest BCUT2D eigenvalue weighted by atomic mass is 10.3. The van der Waals surface area contributed by atoms with Gasteiger partial charge in [-0.05, 0) is 55.0 Å². The molecule has 0 aliphatic heterocycles. The van der Waals surface area contributed by atoms with Crippen LogP contribution in [-0.4, -0.2) is 32.2 Å². The van der Waals surface area contributed by atoms with Crippen LogP contribution in [0.2, 0.25) is 5.02 Å². The Morgan fingerprint density at radius 1 is 1.00 bits per heavy atom. The van der Waals surface area contributed by atoms with Crippen molar-refractivity contribution < 1.29 is 23.8 Å². The molecule has 0 fully saturated rings. The number of esters is 1. The number of nitrogens with one attached hydrogen (secondary N) is 1. The van der Waals surface area contributed by atoms with E-state index in [4.69, 9.17) is 25.8 Å². The fraction of sp³-hybridized carbons (Fsp3) is 0.263. The number of amides is 1. The molecule has 2 aromatic rings. The van der Waals surface area contributed by atoms with Crippen LogP contribution in [0.5, 0.6) is 11.5 Å². The molecule has 0 spiro atoms. The van der Waals surface area contributed by atoms with Gasteiger partial charge in [-0.1, -0.05) is 11.6 Å². The van der Waals surface area contributed by atoms with Crippen LogP contribution < -0.4 is 14.8 Å². The predicted molar refractivity (Wildman–Crippen MR) is 98.8 cm³/mol. The van der Waals surface area contributed by atoms with Gasteiger partial charge in [-0.15, -0.1) is 0 Å². The summed E-state index contributed by atoms with van der Waals surface area (Å²) in [6.45, 7) is 0.0409. The zero-order valence-corrected chi connectivity index (χ0v) is 15.1. The van der Waals surface area contributed by atoms with E-state index in [1.54, 1.807) is 55.6 Å². The second-order valence-corrected chi connectivity index (χ2v) is 5.78. The van der Waals surface area contributed by atoms with Gasteiger partial charge in [-0.25, -0.2) is 0 Å². The fourth-order valence-electron chi connectivity index (χ4n) is 2.03. The molecule has 7 heteroatoms. The number of halogens is 1. The summed E-state index contributed by atoms with van der Waals surface area (Å²) in [5, 5.41) is 3.19. The molecule has 0 saturated carbocycles. The van der Waals surface area contributed by atoms with E-state index in [0.717, 1.165) is 5.75 Å². The molecule has 0 aliphatic rings. The van der Waals surface area contributed by atoms with E-state index in [-0.39, 0.29) is 13.0 Å². The van der Waals surface area contributed by atoms with E-state index >= 15 is 0 Å². The molecule has 0 heterocycles. The van der Waals surface area contributed by atoms with Gasteiger partial charge in [0.05, 0.1) is 13.7 Å². The first-order valence-corrected chi connectivity index (χ1v) is 8.42. The quantitative estimate of drug-likeness (QED) is 0.533. The second kappa shape index (κ2) is 10.3. The summed E-state index contributed by atoms with van der Waals surface area (Å²) in [4.78, 5) is 23.4. The predicted octanol–water partition coefficient (Wildman–Crippen LogP) is 3.69. The third kappa shape index (κ3) is 7.03. The molecule has 2 aromatic carbocycles. The Kier molecular flexibility index (Phi) is 7.76. The number of carbonyl (C=O) groups excluding carboxylic acids is 2. The van der Waals surface area contributed by atoms with Crippen molar-refractivity contribution in [2.24, 2.45) is 0 Å². The van der Waals surface area contributed by atoms with Crippen LogP contribution >= 0.6 is 11.6 Å². The molecule has 0 aliphatic carbocycles. The van der Waals surface area contributed by atoms with Gasteiger partial charge < -0.3 is 19.5 Å². The molecule has 6 nitrogen and oxygen atoms in total. The summed E-state index contributed by atoms with van der Waals surface area (Å²) in [5.74, 6) is 0.587. The maximum Gasteiger partial charge on any atom is 0.306 e. The molecule has 0 saturated heterocycles. The number of anilines is 1. The van der Waals surface area contributed by atoms with Gasteiger partial charge in [0.1, 0.15) is 11.5 Å². The molecular formula is C19H20ClNO5. The number of ether oxygens (including phenoxy) is 3. The summed E-state index contributed by atoms with van der Waals surface area (Å²) in [5.41, 5.74) is 0.586. The minimum Gasteiger partial charge on any atom is -0.497 e. The minimum atomic E-state index is -0.449. The maximum absolute atomic E-state index is 11.7. The molecule has 0 radical (unpaired) electrons. The average Bonchev–Trinajstić information content (AvgIpc) is 2.66. The minimum absolute atomic E-state index is 0.171. The van der Waals surface area contributed by atoms with Crippen LogP contribution in [0, 0.1) is 0 Å². The molecule has 1 N–H and O–H groups in total. The van der Waals surface area contributed by atoms with Gasteiger partial charge >= 0.3 is 5.97 Å². The Morgan fingerprint density at radius 2 is 1.65 bits per heavy atom. The summed E-state index contributed by atoms with van der Waals surface area (Å²) in [7, 11) is 1.59. The third-order valence-corrected chi connectivity index (χ3v) is 3.60. The van der Waals surface area contributed by atoms with Gasteiger partial charge in [0.15, 0.2) is 6.61 Å². The highest BCUT2D eigenvalue weighted by Gasteiger charge is 2.08. The van der Waals surface area contributed by atoms with Crippen molar-refractivity contribution in [2.45, 2.75) is 12.8 Å². The first-order valence-electron chi connectivity index (χ1n) is 8.05. The molecule has 0 atom stereocenters. The zero-order chi connectivity index (χ0) is 18.8. The van der Waals surface area contributed by atoms with Gasteiger partial charge in [-0.3, -0.25) is 9.59 Å². The number of rotatable bonds is 9. The molecule has 0 unspecified atom stereocenters. The largest absolute Gasteiger partial charge is 0.497 e. The van der Waals surface area contributed by atoms with E-state index < -0.39 is 11.9 Å². The highest BCUT2D eigenvalue weighted by atomic mass is 35.5. The summed E-state index contributed by atoms with van der Waals surface area (Å²) < 4.78 is 15.5. The van der Waals surface area contributed by atoms with E-state index in [0.29, 0.717) is 29.5 Å². The zero-order valence-electron chi connectivity index (χ0n) is 14.4. The lowest BCUT2D eigenvalue weighted by Gasteiger charge is -2.08. The second-order valence-electron chi connectivity index (χ2n) is 5.34. The normalized spacial score (nSPS) is 10.1. The monoisotopic (exact) mass is 377 g/mol. The van der Waals surface area contributed by atoms with Crippen LogP contribution in [-0.2, 0) is 14.3 Å². The Labute approximate surface area is 157 Å². The number of hydrogen-bond acceptors (Lipinski definition) is 5. The maximum atomic E-state index is 11.7. The van der Waals surface area contributed by atoms with Crippen molar-refractivity contribution in [2.75, 3.05) is 25.6 Å². The summed E-state index contributed by atoms with van der Waals surface area (Å²) in [6, 6.07) is 13.8. The fourth-order valence-corrected chi connectivity index (χ4v) is 2.15. The van der Waals surface area contributed by atoms with E-state index in [9.17, 15) is 9.59 Å². The Bertz CT molecular complexity index is 716. The van der Waals surface area contributed by atoms with Crippen molar-refractivity contribution >= 4 is 29.2 Å². The van der Waals surface area contributed by atoms with Crippen molar-refractivity contribution in [3.63, 3.8) is 0 Å². The van der Waals surface area contributed by atoms with E-state index in [1.165, 1.54) is 0 Å². The summed E-state index contributed by atoms with van der Waals surface area (Å²) in [6.07, 6.45) is 0.661. The molecule has 1 amide bonds. The van der Waals surface area contributed by atoms with Crippen molar-refractivity contribution in [1.29, 1.82) is 0 Å². The lowest BCUT2D eigenvalue weighted by Crippen LogP contribution is -2.21. The number of carbonyl (C=O) groups is 2. The van der Waals surface area contributed by atoms with Crippen molar-refractivity contribution in [1.82, 2.24) is 0 Å². The molecule has 138 valence electrons. The molecule has 2 rings (SSSR count).